The summed E-state index contributed by atoms with van der Waals surface area (Å²) >= 11 is 6.35. The third-order valence-electron chi connectivity index (χ3n) is 3.53. The van der Waals surface area contributed by atoms with Gasteiger partial charge in [-0.15, -0.1) is 0 Å². The highest BCUT2D eigenvalue weighted by molar-refractivity contribution is 8.26. The van der Waals surface area contributed by atoms with E-state index in [4.69, 9.17) is 17.0 Å². The van der Waals surface area contributed by atoms with Gasteiger partial charge in [-0.05, 0) is 30.2 Å². The van der Waals surface area contributed by atoms with Crippen LogP contribution in [-0.4, -0.2) is 38.9 Å². The third kappa shape index (κ3) is 4.70. The Bertz CT molecular complexity index is 712. The standard InChI is InChI=1S/C18H19NO4S2/c1-3-5-14(17(21)22)19-16(20)15(25-18(19)24)11-12-6-8-13(9-7-12)23-10-4-2/h4,6-9,11,14H,2-3,5,10H2,1H3,(H,21,22)/b15-11+. The molecular weight excluding hydrogens is 358 g/mol. The quantitative estimate of drug-likeness (QED) is 0.423. The molecule has 1 aliphatic rings. The summed E-state index contributed by atoms with van der Waals surface area (Å²) in [4.78, 5) is 25.7. The monoisotopic (exact) mass is 377 g/mol. The van der Waals surface area contributed by atoms with Crippen LogP contribution in [0.2, 0.25) is 0 Å². The molecule has 1 saturated heterocycles. The lowest BCUT2D eigenvalue weighted by atomic mass is 10.1. The van der Waals surface area contributed by atoms with E-state index in [0.29, 0.717) is 30.1 Å². The molecule has 0 saturated carbocycles. The first kappa shape index (κ1) is 19.2. The number of aliphatic carboxylic acids is 1. The van der Waals surface area contributed by atoms with E-state index in [1.165, 1.54) is 4.90 Å². The predicted molar refractivity (Wildman–Crippen MR) is 103 cm³/mol. The summed E-state index contributed by atoms with van der Waals surface area (Å²) in [5.74, 6) is -0.690. The van der Waals surface area contributed by atoms with Gasteiger partial charge in [0.2, 0.25) is 0 Å². The van der Waals surface area contributed by atoms with Crippen LogP contribution in [0.4, 0.5) is 0 Å². The van der Waals surface area contributed by atoms with E-state index in [1.54, 1.807) is 24.3 Å². The van der Waals surface area contributed by atoms with E-state index in [2.05, 4.69) is 6.58 Å². The number of hydrogen-bond donors (Lipinski definition) is 1. The molecule has 2 rings (SSSR count). The number of carbonyl (C=O) groups excluding carboxylic acids is 1. The van der Waals surface area contributed by atoms with Gasteiger partial charge in [-0.2, -0.15) is 0 Å². The number of hydrogen-bond acceptors (Lipinski definition) is 5. The average molecular weight is 377 g/mol. The van der Waals surface area contributed by atoms with Gasteiger partial charge < -0.3 is 9.84 Å². The summed E-state index contributed by atoms with van der Waals surface area (Å²) in [5, 5.41) is 9.37. The topological polar surface area (TPSA) is 66.8 Å². The molecule has 1 heterocycles. The molecule has 0 spiro atoms. The second-order valence-electron chi connectivity index (χ2n) is 5.36. The summed E-state index contributed by atoms with van der Waals surface area (Å²) in [7, 11) is 0. The van der Waals surface area contributed by atoms with Crippen molar-refractivity contribution in [1.82, 2.24) is 4.90 Å². The highest BCUT2D eigenvalue weighted by atomic mass is 32.2. The molecule has 0 radical (unpaired) electrons. The van der Waals surface area contributed by atoms with Crippen molar-refractivity contribution < 1.29 is 19.4 Å². The Balaban J connectivity index is 2.19. The number of nitrogens with zero attached hydrogens (tertiary/aromatic N) is 1. The molecule has 1 unspecified atom stereocenters. The second kappa shape index (κ2) is 8.82. The Kier molecular flexibility index (Phi) is 6.78. The van der Waals surface area contributed by atoms with Crippen LogP contribution < -0.4 is 4.74 Å². The van der Waals surface area contributed by atoms with Crippen molar-refractivity contribution in [3.8, 4) is 5.75 Å². The molecule has 0 bridgehead atoms. The number of thioether (sulfide) groups is 1. The first-order valence-electron chi connectivity index (χ1n) is 7.81. The molecule has 1 atom stereocenters. The SMILES string of the molecule is C=CCOc1ccc(/C=C2/SC(=S)N(C(CCC)C(=O)O)C2=O)cc1. The van der Waals surface area contributed by atoms with Gasteiger partial charge in [-0.1, -0.05) is 62.1 Å². The number of carboxylic acid groups (broad SMARTS) is 1. The van der Waals surface area contributed by atoms with E-state index in [0.717, 1.165) is 17.3 Å². The lowest BCUT2D eigenvalue weighted by Crippen LogP contribution is -2.43. The summed E-state index contributed by atoms with van der Waals surface area (Å²) in [6.07, 6.45) is 4.39. The van der Waals surface area contributed by atoms with Crippen molar-refractivity contribution in [3.05, 3.63) is 47.4 Å². The molecule has 0 aromatic heterocycles. The Hall–Kier alpha value is -2.12. The summed E-state index contributed by atoms with van der Waals surface area (Å²) in [5.41, 5.74) is 0.814. The van der Waals surface area contributed by atoms with E-state index < -0.39 is 12.0 Å². The normalized spacial score (nSPS) is 17.0. The molecule has 132 valence electrons. The predicted octanol–water partition coefficient (Wildman–Crippen LogP) is 3.71. The van der Waals surface area contributed by atoms with Gasteiger partial charge in [0.25, 0.3) is 5.91 Å². The van der Waals surface area contributed by atoms with E-state index in [-0.39, 0.29) is 10.2 Å². The van der Waals surface area contributed by atoms with Crippen molar-refractivity contribution in [2.45, 2.75) is 25.8 Å². The maximum absolute atomic E-state index is 12.6. The van der Waals surface area contributed by atoms with Gasteiger partial charge in [0.15, 0.2) is 0 Å². The van der Waals surface area contributed by atoms with Crippen LogP contribution in [0.5, 0.6) is 5.75 Å². The fourth-order valence-corrected chi connectivity index (χ4v) is 3.71. The van der Waals surface area contributed by atoms with Crippen LogP contribution in [0, 0.1) is 0 Å². The van der Waals surface area contributed by atoms with Crippen molar-refractivity contribution in [3.63, 3.8) is 0 Å². The lowest BCUT2D eigenvalue weighted by molar-refractivity contribution is -0.145. The number of carboxylic acids is 1. The van der Waals surface area contributed by atoms with Crippen LogP contribution >= 0.6 is 24.0 Å². The molecule has 7 heteroatoms. The molecule has 1 aromatic carbocycles. The zero-order chi connectivity index (χ0) is 18.4. The number of benzene rings is 1. The van der Waals surface area contributed by atoms with Crippen LogP contribution in [0.3, 0.4) is 0 Å². The third-order valence-corrected chi connectivity index (χ3v) is 4.86. The summed E-state index contributed by atoms with van der Waals surface area (Å²) < 4.78 is 5.70. The number of rotatable bonds is 8. The van der Waals surface area contributed by atoms with Crippen molar-refractivity contribution in [2.75, 3.05) is 6.61 Å². The molecule has 1 fully saturated rings. The molecule has 0 aliphatic carbocycles. The smallest absolute Gasteiger partial charge is 0.326 e. The molecule has 25 heavy (non-hydrogen) atoms. The fourth-order valence-electron chi connectivity index (χ4n) is 2.35. The molecular formula is C18H19NO4S2. The number of ether oxygens (including phenoxy) is 1. The fraction of sp³-hybridized carbons (Fsp3) is 0.278. The summed E-state index contributed by atoms with van der Waals surface area (Å²) in [6.45, 7) is 5.89. The van der Waals surface area contributed by atoms with E-state index >= 15 is 0 Å². The second-order valence-corrected chi connectivity index (χ2v) is 7.04. The lowest BCUT2D eigenvalue weighted by Gasteiger charge is -2.22. The molecule has 1 N–H and O–H groups in total. The highest BCUT2D eigenvalue weighted by Crippen LogP contribution is 2.35. The average Bonchev–Trinajstić information content (AvgIpc) is 2.86. The van der Waals surface area contributed by atoms with E-state index in [9.17, 15) is 14.7 Å². The Labute approximate surface area is 156 Å². The minimum Gasteiger partial charge on any atom is -0.490 e. The largest absolute Gasteiger partial charge is 0.490 e. The van der Waals surface area contributed by atoms with Crippen LogP contribution in [-0.2, 0) is 9.59 Å². The van der Waals surface area contributed by atoms with Gasteiger partial charge in [0, 0.05) is 0 Å². The van der Waals surface area contributed by atoms with Crippen molar-refractivity contribution in [1.29, 1.82) is 0 Å². The Morgan fingerprint density at radius 3 is 2.68 bits per heavy atom. The van der Waals surface area contributed by atoms with Gasteiger partial charge in [0.05, 0.1) is 4.91 Å². The zero-order valence-corrected chi connectivity index (χ0v) is 15.4. The minimum atomic E-state index is -1.04. The van der Waals surface area contributed by atoms with Gasteiger partial charge in [-0.25, -0.2) is 4.79 Å². The first-order chi connectivity index (χ1) is 12.0. The van der Waals surface area contributed by atoms with Gasteiger partial charge in [-0.3, -0.25) is 9.69 Å². The van der Waals surface area contributed by atoms with Gasteiger partial charge in [0.1, 0.15) is 22.7 Å². The number of carbonyl (C=O) groups is 2. The summed E-state index contributed by atoms with van der Waals surface area (Å²) in [6, 6.07) is 6.33. The first-order valence-corrected chi connectivity index (χ1v) is 9.04. The molecule has 1 aliphatic heterocycles. The highest BCUT2D eigenvalue weighted by Gasteiger charge is 2.39. The van der Waals surface area contributed by atoms with Crippen molar-refractivity contribution >= 4 is 46.3 Å². The maximum atomic E-state index is 12.6. The molecule has 1 amide bonds. The number of amides is 1. The van der Waals surface area contributed by atoms with Gasteiger partial charge >= 0.3 is 5.97 Å². The molecule has 1 aromatic rings. The van der Waals surface area contributed by atoms with Crippen LogP contribution in [0.15, 0.2) is 41.8 Å². The maximum Gasteiger partial charge on any atom is 0.326 e. The Morgan fingerprint density at radius 1 is 1.44 bits per heavy atom. The minimum absolute atomic E-state index is 0.281. The zero-order valence-electron chi connectivity index (χ0n) is 13.8. The van der Waals surface area contributed by atoms with Crippen molar-refractivity contribution in [2.24, 2.45) is 0 Å². The Morgan fingerprint density at radius 2 is 2.12 bits per heavy atom. The van der Waals surface area contributed by atoms with Crippen LogP contribution in [0.25, 0.3) is 6.08 Å². The number of thiocarbonyl (C=S) groups is 1. The van der Waals surface area contributed by atoms with E-state index in [1.807, 2.05) is 19.1 Å². The van der Waals surface area contributed by atoms with Crippen LogP contribution in [0.1, 0.15) is 25.3 Å². The molecule has 5 nitrogen and oxygen atoms in total.